The van der Waals surface area contributed by atoms with Crippen LogP contribution in [0, 0.1) is 5.82 Å². The first-order chi connectivity index (χ1) is 15.6. The maximum atomic E-state index is 13.9. The van der Waals surface area contributed by atoms with Crippen molar-refractivity contribution in [1.29, 1.82) is 0 Å². The van der Waals surface area contributed by atoms with E-state index < -0.39 is 29.6 Å². The number of rotatable bonds is 9. The lowest BCUT2D eigenvalue weighted by Crippen LogP contribution is -2.41. The Morgan fingerprint density at radius 3 is 2.55 bits per heavy atom. The van der Waals surface area contributed by atoms with E-state index in [1.54, 1.807) is 19.9 Å². The first-order valence-corrected chi connectivity index (χ1v) is 9.91. The molecule has 0 fully saturated rings. The van der Waals surface area contributed by atoms with Gasteiger partial charge in [0.2, 0.25) is 0 Å². The average Bonchev–Trinajstić information content (AvgIpc) is 2.78. The first kappa shape index (κ1) is 25.6. The molecule has 0 N–H and O–H groups in total. The second-order valence-electron chi connectivity index (χ2n) is 6.77. The molecule has 2 heterocycles. The van der Waals surface area contributed by atoms with Crippen molar-refractivity contribution in [2.24, 2.45) is 4.99 Å². The second-order valence-corrected chi connectivity index (χ2v) is 6.77. The Labute approximate surface area is 188 Å². The van der Waals surface area contributed by atoms with Crippen LogP contribution in [0.1, 0.15) is 31.1 Å². The zero-order valence-electron chi connectivity index (χ0n) is 18.3. The molecule has 0 unspecified atom stereocenters. The van der Waals surface area contributed by atoms with Gasteiger partial charge in [-0.05, 0) is 32.9 Å². The smallest absolute Gasteiger partial charge is 0.433 e. The number of aliphatic imine (C=N–C) groups is 1. The van der Waals surface area contributed by atoms with E-state index in [-0.39, 0.29) is 36.0 Å². The molecule has 2 aromatic rings. The zero-order chi connectivity index (χ0) is 24.6. The topological polar surface area (TPSA) is 80.6 Å². The van der Waals surface area contributed by atoms with Crippen LogP contribution in [-0.4, -0.2) is 57.3 Å². The second kappa shape index (κ2) is 11.3. The Hall–Kier alpha value is -3.63. The number of likely N-dealkylation sites (N-methyl/N-ethyl adjacent to an activating group) is 1. The molecule has 1 atom stereocenters. The summed E-state index contributed by atoms with van der Waals surface area (Å²) in [6.07, 6.45) is 0.999. The average molecular weight is 465 g/mol. The highest BCUT2D eigenvalue weighted by molar-refractivity contribution is 5.99. The Morgan fingerprint density at radius 2 is 1.97 bits per heavy atom. The fraction of sp³-hybridized carbons (Fsp3) is 0.318. The van der Waals surface area contributed by atoms with Crippen LogP contribution in [0.3, 0.4) is 0 Å². The van der Waals surface area contributed by atoms with Crippen LogP contribution in [-0.2, 0) is 4.74 Å². The number of allylic oxidation sites excluding steroid dienone is 3. The quantitative estimate of drug-likeness (QED) is 0.307. The minimum absolute atomic E-state index is 0.0295. The Balaban J connectivity index is 2.15. The molecule has 11 heteroatoms. The molecule has 0 radical (unpaired) electrons. The van der Waals surface area contributed by atoms with Gasteiger partial charge in [-0.1, -0.05) is 12.7 Å². The van der Waals surface area contributed by atoms with Crippen molar-refractivity contribution in [3.8, 4) is 11.5 Å². The third-order valence-corrected chi connectivity index (χ3v) is 4.42. The third-order valence-electron chi connectivity index (χ3n) is 4.42. The molecule has 0 bridgehead atoms. The molecule has 0 saturated heterocycles. The molecule has 0 aromatic carbocycles. The van der Waals surface area contributed by atoms with Crippen molar-refractivity contribution in [3.63, 3.8) is 0 Å². The van der Waals surface area contributed by atoms with E-state index in [0.29, 0.717) is 0 Å². The summed E-state index contributed by atoms with van der Waals surface area (Å²) < 4.78 is 57.5. The largest absolute Gasteiger partial charge is 0.490 e. The van der Waals surface area contributed by atoms with Crippen LogP contribution in [0.5, 0.6) is 0 Å². The van der Waals surface area contributed by atoms with Crippen LogP contribution < -0.4 is 0 Å². The van der Waals surface area contributed by atoms with Gasteiger partial charge in [-0.3, -0.25) is 4.79 Å². The number of aromatic nitrogens is 3. The van der Waals surface area contributed by atoms with E-state index >= 15 is 0 Å². The first-order valence-electron chi connectivity index (χ1n) is 9.91. The highest BCUT2D eigenvalue weighted by Crippen LogP contribution is 2.26. The number of amides is 1. The van der Waals surface area contributed by atoms with Gasteiger partial charge >= 0.3 is 6.18 Å². The third kappa shape index (κ3) is 6.93. The number of carbonyl (C=O) groups is 1. The number of alkyl halides is 3. The molecule has 33 heavy (non-hydrogen) atoms. The van der Waals surface area contributed by atoms with Crippen molar-refractivity contribution in [2.75, 3.05) is 13.2 Å². The minimum atomic E-state index is -4.59. The van der Waals surface area contributed by atoms with Crippen molar-refractivity contribution < 1.29 is 27.1 Å². The molecule has 0 aliphatic heterocycles. The van der Waals surface area contributed by atoms with E-state index in [9.17, 15) is 22.4 Å². The summed E-state index contributed by atoms with van der Waals surface area (Å²) in [5.74, 6) is -1.18. The molecule has 0 aliphatic carbocycles. The summed E-state index contributed by atoms with van der Waals surface area (Å²) >= 11 is 0. The standard InChI is InChI=1S/C22H23F4N5O2/c1-5-18(22(24,25)26)29-11-15(4)33-13-14(3)31(6-2)21(32)17-10-16(23)12-30-19(17)20-27-8-7-9-28-20/h5,7-12,14H,4,6,13H2,1-3H3/b18-5-,29-11-/t14-/m0/s1. The van der Waals surface area contributed by atoms with Crippen LogP contribution in [0.15, 0.2) is 59.8 Å². The van der Waals surface area contributed by atoms with E-state index in [1.807, 2.05) is 0 Å². The van der Waals surface area contributed by atoms with E-state index in [2.05, 4.69) is 26.5 Å². The summed E-state index contributed by atoms with van der Waals surface area (Å²) in [6.45, 7) is 8.29. The van der Waals surface area contributed by atoms with Gasteiger partial charge in [0.1, 0.15) is 29.6 Å². The van der Waals surface area contributed by atoms with Gasteiger partial charge in [0.15, 0.2) is 5.82 Å². The maximum Gasteiger partial charge on any atom is 0.433 e. The summed E-state index contributed by atoms with van der Waals surface area (Å²) in [7, 11) is 0. The normalized spacial score (nSPS) is 13.1. The fourth-order valence-corrected chi connectivity index (χ4v) is 2.82. The van der Waals surface area contributed by atoms with Crippen molar-refractivity contribution in [2.45, 2.75) is 33.0 Å². The summed E-state index contributed by atoms with van der Waals surface area (Å²) in [5, 5.41) is 0. The lowest BCUT2D eigenvalue weighted by Gasteiger charge is -2.28. The molecule has 1 amide bonds. The van der Waals surface area contributed by atoms with Crippen molar-refractivity contribution in [1.82, 2.24) is 19.9 Å². The molecule has 7 nitrogen and oxygen atoms in total. The molecule has 0 saturated carbocycles. The molecule has 0 aliphatic rings. The van der Waals surface area contributed by atoms with Gasteiger partial charge in [0.25, 0.3) is 5.91 Å². The molecule has 2 aromatic heterocycles. The maximum absolute atomic E-state index is 13.9. The molecule has 2 rings (SSSR count). The monoisotopic (exact) mass is 465 g/mol. The van der Waals surface area contributed by atoms with E-state index in [4.69, 9.17) is 4.74 Å². The minimum Gasteiger partial charge on any atom is -0.490 e. The van der Waals surface area contributed by atoms with Crippen molar-refractivity contribution >= 4 is 12.1 Å². The predicted octanol–water partition coefficient (Wildman–Crippen LogP) is 4.60. The predicted molar refractivity (Wildman–Crippen MR) is 115 cm³/mol. The Kier molecular flexibility index (Phi) is 8.78. The summed E-state index contributed by atoms with van der Waals surface area (Å²) in [4.78, 5) is 30.1. The van der Waals surface area contributed by atoms with Crippen molar-refractivity contribution in [3.05, 3.63) is 66.2 Å². The van der Waals surface area contributed by atoms with Crippen LogP contribution >= 0.6 is 0 Å². The number of nitrogens with zero attached hydrogens (tertiary/aromatic N) is 5. The molecule has 0 spiro atoms. The number of pyridine rings is 1. The van der Waals surface area contributed by atoms with Crippen LogP contribution in [0.25, 0.3) is 11.5 Å². The van der Waals surface area contributed by atoms with Gasteiger partial charge in [-0.25, -0.2) is 24.3 Å². The van der Waals surface area contributed by atoms with Gasteiger partial charge in [-0.2, -0.15) is 13.2 Å². The molecular weight excluding hydrogens is 442 g/mol. The van der Waals surface area contributed by atoms with Crippen LogP contribution in [0.2, 0.25) is 0 Å². The van der Waals surface area contributed by atoms with E-state index in [0.717, 1.165) is 24.6 Å². The van der Waals surface area contributed by atoms with Gasteiger partial charge in [-0.15, -0.1) is 0 Å². The number of ether oxygens (including phenoxy) is 1. The molecular formula is C22H23F4N5O2. The van der Waals surface area contributed by atoms with Crippen LogP contribution in [0.4, 0.5) is 17.6 Å². The SMILES string of the molecule is C=C(/C=N\C(=C/C)C(F)(F)F)OC[C@H](C)N(CC)C(=O)c1cc(F)cnc1-c1ncccn1. The highest BCUT2D eigenvalue weighted by Gasteiger charge is 2.32. The number of hydrogen-bond donors (Lipinski definition) is 0. The lowest BCUT2D eigenvalue weighted by molar-refractivity contribution is -0.0924. The zero-order valence-corrected chi connectivity index (χ0v) is 18.3. The van der Waals surface area contributed by atoms with Gasteiger partial charge in [0.05, 0.1) is 24.0 Å². The molecule has 176 valence electrons. The summed E-state index contributed by atoms with van der Waals surface area (Å²) in [6, 6.07) is 2.11. The highest BCUT2D eigenvalue weighted by atomic mass is 19.4. The lowest BCUT2D eigenvalue weighted by atomic mass is 10.1. The van der Waals surface area contributed by atoms with E-state index in [1.165, 1.54) is 24.2 Å². The Bertz CT molecular complexity index is 1040. The summed E-state index contributed by atoms with van der Waals surface area (Å²) in [5.41, 5.74) is -0.991. The van der Waals surface area contributed by atoms with Gasteiger partial charge < -0.3 is 9.64 Å². The van der Waals surface area contributed by atoms with Gasteiger partial charge in [0, 0.05) is 18.9 Å². The number of carbonyl (C=O) groups excluding carboxylic acids is 1. The Morgan fingerprint density at radius 1 is 1.30 bits per heavy atom. The number of halogens is 4. The number of hydrogen-bond acceptors (Lipinski definition) is 6. The fourth-order valence-electron chi connectivity index (χ4n) is 2.82.